The smallest absolute Gasteiger partial charge is 0.413 e. The number of rotatable bonds is 6. The van der Waals surface area contributed by atoms with E-state index in [9.17, 15) is 14.4 Å². The van der Waals surface area contributed by atoms with Crippen LogP contribution in [0.1, 0.15) is 20.8 Å². The van der Waals surface area contributed by atoms with Crippen LogP contribution in [0.5, 0.6) is 0 Å². The van der Waals surface area contributed by atoms with Gasteiger partial charge >= 0.3 is 11.9 Å². The number of carbonyl (C=O) groups is 3. The third-order valence-corrected chi connectivity index (χ3v) is 4.38. The fourth-order valence-electron chi connectivity index (χ4n) is 1.06. The SMILES string of the molecule is CCOOC(=O)C(=O)C(C(=O)OC(C)C)=C1SCS1. The van der Waals surface area contributed by atoms with E-state index in [2.05, 4.69) is 9.78 Å². The van der Waals surface area contributed by atoms with Gasteiger partial charge in [-0.25, -0.2) is 9.59 Å². The Labute approximate surface area is 119 Å². The fraction of sp³-hybridized carbons (Fsp3) is 0.545. The van der Waals surface area contributed by atoms with Crippen molar-refractivity contribution in [2.24, 2.45) is 0 Å². The molecule has 0 N–H and O–H groups in total. The molecule has 0 radical (unpaired) electrons. The number of carbonyl (C=O) groups excluding carboxylic acids is 3. The van der Waals surface area contributed by atoms with Gasteiger partial charge in [0, 0.05) is 5.08 Å². The van der Waals surface area contributed by atoms with Crippen molar-refractivity contribution < 1.29 is 28.9 Å². The predicted molar refractivity (Wildman–Crippen MR) is 71.0 cm³/mol. The third kappa shape index (κ3) is 4.55. The summed E-state index contributed by atoms with van der Waals surface area (Å²) in [5.74, 6) is -3.09. The minimum atomic E-state index is -1.22. The van der Waals surface area contributed by atoms with E-state index in [4.69, 9.17) is 4.74 Å². The van der Waals surface area contributed by atoms with Crippen LogP contribution in [0, 0.1) is 0 Å². The highest BCUT2D eigenvalue weighted by Gasteiger charge is 2.34. The van der Waals surface area contributed by atoms with E-state index in [0.717, 1.165) is 5.08 Å². The number of ketones is 1. The van der Waals surface area contributed by atoms with Gasteiger partial charge in [-0.1, -0.05) is 0 Å². The van der Waals surface area contributed by atoms with E-state index in [0.29, 0.717) is 4.24 Å². The fourth-order valence-corrected chi connectivity index (χ4v) is 2.64. The molecule has 6 nitrogen and oxygen atoms in total. The summed E-state index contributed by atoms with van der Waals surface area (Å²) in [6, 6.07) is 0. The van der Waals surface area contributed by atoms with Crippen molar-refractivity contribution in [1.29, 1.82) is 0 Å². The first kappa shape index (κ1) is 16.1. The monoisotopic (exact) mass is 306 g/mol. The zero-order valence-corrected chi connectivity index (χ0v) is 12.4. The van der Waals surface area contributed by atoms with Crippen LogP contribution in [-0.4, -0.2) is 35.5 Å². The van der Waals surface area contributed by atoms with E-state index in [1.807, 2.05) is 0 Å². The van der Waals surface area contributed by atoms with Crippen molar-refractivity contribution in [1.82, 2.24) is 0 Å². The van der Waals surface area contributed by atoms with Gasteiger partial charge in [-0.15, -0.1) is 23.5 Å². The second-order valence-corrected chi connectivity index (χ2v) is 6.22. The Bertz CT molecular complexity index is 409. The molecular formula is C11H14O6S2. The first-order valence-electron chi connectivity index (χ1n) is 5.56. The van der Waals surface area contributed by atoms with Crippen molar-refractivity contribution in [2.45, 2.75) is 26.9 Å². The van der Waals surface area contributed by atoms with E-state index in [1.54, 1.807) is 20.8 Å². The van der Waals surface area contributed by atoms with Crippen molar-refractivity contribution in [2.75, 3.05) is 11.7 Å². The van der Waals surface area contributed by atoms with Crippen LogP contribution in [0.3, 0.4) is 0 Å². The Balaban J connectivity index is 2.84. The molecule has 106 valence electrons. The zero-order chi connectivity index (χ0) is 14.4. The quantitative estimate of drug-likeness (QED) is 0.139. The molecule has 8 heteroatoms. The summed E-state index contributed by atoms with van der Waals surface area (Å²) in [5.41, 5.74) is -0.278. The Morgan fingerprint density at radius 2 is 1.84 bits per heavy atom. The van der Waals surface area contributed by atoms with Crippen molar-refractivity contribution in [3.05, 3.63) is 9.81 Å². The lowest BCUT2D eigenvalue weighted by Gasteiger charge is -2.19. The highest BCUT2D eigenvalue weighted by atomic mass is 32.3. The van der Waals surface area contributed by atoms with Gasteiger partial charge in [0.1, 0.15) is 5.57 Å². The second kappa shape index (κ2) is 7.56. The molecule has 1 heterocycles. The van der Waals surface area contributed by atoms with Crippen molar-refractivity contribution in [3.8, 4) is 0 Å². The molecule has 1 rings (SSSR count). The standard InChI is InChI=1S/C11H14O6S2/c1-4-15-17-10(14)8(12)7(11-18-5-19-11)9(13)16-6(2)3/h6H,4-5H2,1-3H3. The van der Waals surface area contributed by atoms with Crippen LogP contribution in [0.2, 0.25) is 0 Å². The number of hydrogen-bond acceptors (Lipinski definition) is 8. The van der Waals surface area contributed by atoms with Gasteiger partial charge in [0.25, 0.3) is 5.78 Å². The minimum Gasteiger partial charge on any atom is -0.459 e. The van der Waals surface area contributed by atoms with Gasteiger partial charge in [-0.3, -0.25) is 9.68 Å². The molecule has 0 unspecified atom stereocenters. The molecule has 0 aromatic heterocycles. The molecule has 1 aliphatic rings. The van der Waals surface area contributed by atoms with Gasteiger partial charge in [-0.2, -0.15) is 4.89 Å². The Morgan fingerprint density at radius 3 is 2.26 bits per heavy atom. The lowest BCUT2D eigenvalue weighted by molar-refractivity contribution is -0.266. The number of esters is 1. The maximum Gasteiger partial charge on any atom is 0.413 e. The molecule has 0 aliphatic carbocycles. The average Bonchev–Trinajstić information content (AvgIpc) is 2.28. The first-order chi connectivity index (χ1) is 8.97. The van der Waals surface area contributed by atoms with Gasteiger partial charge in [0.15, 0.2) is 0 Å². The molecular weight excluding hydrogens is 292 g/mol. The highest BCUT2D eigenvalue weighted by Crippen LogP contribution is 2.45. The van der Waals surface area contributed by atoms with Crippen LogP contribution in [0.15, 0.2) is 9.81 Å². The topological polar surface area (TPSA) is 78.9 Å². The summed E-state index contributed by atoms with van der Waals surface area (Å²) in [7, 11) is 0. The van der Waals surface area contributed by atoms with E-state index >= 15 is 0 Å². The van der Waals surface area contributed by atoms with E-state index in [-0.39, 0.29) is 18.3 Å². The molecule has 19 heavy (non-hydrogen) atoms. The Morgan fingerprint density at radius 1 is 1.21 bits per heavy atom. The summed E-state index contributed by atoms with van der Waals surface area (Å²) in [6.45, 7) is 5.03. The average molecular weight is 306 g/mol. The summed E-state index contributed by atoms with van der Waals surface area (Å²) in [5, 5.41) is 0.724. The molecule has 0 spiro atoms. The molecule has 0 bridgehead atoms. The molecule has 0 aromatic rings. The van der Waals surface area contributed by atoms with Crippen LogP contribution in [0.4, 0.5) is 0 Å². The van der Waals surface area contributed by atoms with Crippen LogP contribution >= 0.6 is 23.5 Å². The van der Waals surface area contributed by atoms with Gasteiger partial charge in [-0.05, 0) is 20.8 Å². The summed E-state index contributed by atoms with van der Waals surface area (Å²) >= 11 is 2.62. The normalized spacial score (nSPS) is 13.8. The summed E-state index contributed by atoms with van der Waals surface area (Å²) in [6.07, 6.45) is -0.381. The highest BCUT2D eigenvalue weighted by molar-refractivity contribution is 8.37. The first-order valence-corrected chi connectivity index (χ1v) is 7.53. The molecule has 1 saturated heterocycles. The number of ether oxygens (including phenoxy) is 1. The molecule has 1 aliphatic heterocycles. The summed E-state index contributed by atoms with van der Waals surface area (Å²) in [4.78, 5) is 43.8. The third-order valence-electron chi connectivity index (χ3n) is 1.80. The molecule has 1 fully saturated rings. The van der Waals surface area contributed by atoms with Crippen molar-refractivity contribution >= 4 is 41.2 Å². The molecule has 0 saturated carbocycles. The maximum absolute atomic E-state index is 11.9. The van der Waals surface area contributed by atoms with Gasteiger partial charge in [0.2, 0.25) is 0 Å². The Kier molecular flexibility index (Phi) is 6.40. The molecule has 0 atom stereocenters. The van der Waals surface area contributed by atoms with E-state index < -0.39 is 17.7 Å². The largest absolute Gasteiger partial charge is 0.459 e. The van der Waals surface area contributed by atoms with Crippen LogP contribution in [0.25, 0.3) is 0 Å². The lowest BCUT2D eigenvalue weighted by Crippen LogP contribution is -2.28. The summed E-state index contributed by atoms with van der Waals surface area (Å²) < 4.78 is 5.43. The van der Waals surface area contributed by atoms with Crippen LogP contribution < -0.4 is 0 Å². The predicted octanol–water partition coefficient (Wildman–Crippen LogP) is 1.65. The minimum absolute atomic E-state index is 0.116. The second-order valence-electron chi connectivity index (χ2n) is 3.63. The number of hydrogen-bond donors (Lipinski definition) is 0. The Hall–Kier alpha value is -0.990. The number of Topliss-reactive ketones (excluding diaryl/α,β-unsaturated/α-hetero) is 1. The van der Waals surface area contributed by atoms with Crippen LogP contribution in [-0.2, 0) is 28.9 Å². The number of thioether (sulfide) groups is 2. The zero-order valence-electron chi connectivity index (χ0n) is 10.8. The molecule has 0 aromatic carbocycles. The lowest BCUT2D eigenvalue weighted by atomic mass is 10.2. The van der Waals surface area contributed by atoms with Gasteiger partial charge < -0.3 is 4.74 Å². The van der Waals surface area contributed by atoms with Gasteiger partial charge in [0.05, 0.1) is 16.9 Å². The molecule has 0 amide bonds. The maximum atomic E-state index is 11.9. The van der Waals surface area contributed by atoms with E-state index in [1.165, 1.54) is 23.5 Å². The van der Waals surface area contributed by atoms with Crippen molar-refractivity contribution in [3.63, 3.8) is 0 Å².